The molecule has 4 nitrogen and oxygen atoms in total. The van der Waals surface area contributed by atoms with Gasteiger partial charge in [-0.25, -0.2) is 4.39 Å². The van der Waals surface area contributed by atoms with Crippen molar-refractivity contribution >= 4 is 0 Å². The van der Waals surface area contributed by atoms with Crippen LogP contribution < -0.4 is 5.32 Å². The van der Waals surface area contributed by atoms with Crippen molar-refractivity contribution in [3.63, 3.8) is 0 Å². The fourth-order valence-corrected chi connectivity index (χ4v) is 1.39. The maximum absolute atomic E-state index is 13.3. The third-order valence-electron chi connectivity index (χ3n) is 2.45. The lowest BCUT2D eigenvalue weighted by Crippen LogP contribution is -2.42. The number of aliphatic hydroxyl groups is 3. The van der Waals surface area contributed by atoms with Crippen molar-refractivity contribution in [3.05, 3.63) is 35.6 Å². The minimum absolute atomic E-state index is 0.108. The van der Waals surface area contributed by atoms with Crippen LogP contribution in [0.25, 0.3) is 0 Å². The van der Waals surface area contributed by atoms with Crippen molar-refractivity contribution in [1.82, 2.24) is 5.32 Å². The van der Waals surface area contributed by atoms with Crippen LogP contribution >= 0.6 is 0 Å². The van der Waals surface area contributed by atoms with Crippen LogP contribution in [0, 0.1) is 5.82 Å². The van der Waals surface area contributed by atoms with Crippen LogP contribution in [-0.4, -0.2) is 40.6 Å². The number of hydrogen-bond acceptors (Lipinski definition) is 4. The molecule has 0 aliphatic heterocycles. The molecule has 4 N–H and O–H groups in total. The largest absolute Gasteiger partial charge is 0.393 e. The normalized spacial score (nSPS) is 16.5. The third kappa shape index (κ3) is 4.40. The first-order valence-corrected chi connectivity index (χ1v) is 5.43. The standard InChI is InChI=1S/C12H18FNO3/c1-12(17,8-15)7-14-6-11(16)9-4-2-3-5-10(9)13/h2-5,11,14-17H,6-8H2,1H3. The Labute approximate surface area is 99.7 Å². The maximum atomic E-state index is 13.3. The molecule has 5 heteroatoms. The van der Waals surface area contributed by atoms with E-state index < -0.39 is 17.5 Å². The van der Waals surface area contributed by atoms with Crippen molar-refractivity contribution in [2.45, 2.75) is 18.6 Å². The van der Waals surface area contributed by atoms with Crippen molar-refractivity contribution in [2.24, 2.45) is 0 Å². The SMILES string of the molecule is CC(O)(CO)CNCC(O)c1ccccc1F. The Kier molecular flexibility index (Phi) is 5.02. The van der Waals surface area contributed by atoms with Crippen molar-refractivity contribution in [1.29, 1.82) is 0 Å². The summed E-state index contributed by atoms with van der Waals surface area (Å²) in [4.78, 5) is 0. The van der Waals surface area contributed by atoms with Crippen LogP contribution in [-0.2, 0) is 0 Å². The average Bonchev–Trinajstić information content (AvgIpc) is 2.29. The van der Waals surface area contributed by atoms with Gasteiger partial charge in [-0.1, -0.05) is 18.2 Å². The second kappa shape index (κ2) is 6.07. The average molecular weight is 243 g/mol. The van der Waals surface area contributed by atoms with E-state index in [0.29, 0.717) is 0 Å². The molecule has 96 valence electrons. The second-order valence-electron chi connectivity index (χ2n) is 4.32. The molecular weight excluding hydrogens is 225 g/mol. The summed E-state index contributed by atoms with van der Waals surface area (Å²) in [5.41, 5.74) is -1.03. The maximum Gasteiger partial charge on any atom is 0.129 e. The van der Waals surface area contributed by atoms with Crippen molar-refractivity contribution in [3.8, 4) is 0 Å². The van der Waals surface area contributed by atoms with Gasteiger partial charge in [-0.15, -0.1) is 0 Å². The fraction of sp³-hybridized carbons (Fsp3) is 0.500. The van der Waals surface area contributed by atoms with Crippen LogP contribution in [0.1, 0.15) is 18.6 Å². The number of halogens is 1. The first-order chi connectivity index (χ1) is 7.96. The molecule has 0 bridgehead atoms. The van der Waals surface area contributed by atoms with Gasteiger partial charge in [0.2, 0.25) is 0 Å². The molecule has 0 fully saturated rings. The van der Waals surface area contributed by atoms with E-state index in [9.17, 15) is 14.6 Å². The van der Waals surface area contributed by atoms with Gasteiger partial charge < -0.3 is 20.6 Å². The first kappa shape index (κ1) is 14.1. The minimum atomic E-state index is -1.24. The molecule has 0 aromatic heterocycles. The summed E-state index contributed by atoms with van der Waals surface area (Å²) < 4.78 is 13.3. The van der Waals surface area contributed by atoms with Gasteiger partial charge in [0.15, 0.2) is 0 Å². The van der Waals surface area contributed by atoms with Gasteiger partial charge in [0.05, 0.1) is 18.3 Å². The number of hydrogen-bond donors (Lipinski definition) is 4. The molecule has 17 heavy (non-hydrogen) atoms. The van der Waals surface area contributed by atoms with Crippen LogP contribution in [0.5, 0.6) is 0 Å². The Morgan fingerprint density at radius 2 is 2.06 bits per heavy atom. The zero-order valence-corrected chi connectivity index (χ0v) is 9.73. The zero-order chi connectivity index (χ0) is 12.9. The van der Waals surface area contributed by atoms with E-state index >= 15 is 0 Å². The van der Waals surface area contributed by atoms with E-state index in [1.165, 1.54) is 19.1 Å². The Balaban J connectivity index is 2.46. The van der Waals surface area contributed by atoms with Gasteiger partial charge in [0.25, 0.3) is 0 Å². The molecule has 0 radical (unpaired) electrons. The second-order valence-corrected chi connectivity index (χ2v) is 4.32. The van der Waals surface area contributed by atoms with Crippen LogP contribution in [0.2, 0.25) is 0 Å². The molecule has 2 unspecified atom stereocenters. The topological polar surface area (TPSA) is 72.7 Å². The molecular formula is C12H18FNO3. The highest BCUT2D eigenvalue weighted by Gasteiger charge is 2.19. The Hall–Kier alpha value is -1.01. The predicted molar refractivity (Wildman–Crippen MR) is 61.9 cm³/mol. The minimum Gasteiger partial charge on any atom is -0.393 e. The lowest BCUT2D eigenvalue weighted by Gasteiger charge is -2.22. The Bertz CT molecular complexity index is 357. The van der Waals surface area contributed by atoms with Gasteiger partial charge >= 0.3 is 0 Å². The number of nitrogens with one attached hydrogen (secondary N) is 1. The van der Waals surface area contributed by atoms with E-state index in [0.717, 1.165) is 0 Å². The lowest BCUT2D eigenvalue weighted by molar-refractivity contribution is 0.000671. The van der Waals surface area contributed by atoms with Gasteiger partial charge in [-0.05, 0) is 13.0 Å². The first-order valence-electron chi connectivity index (χ1n) is 5.43. The van der Waals surface area contributed by atoms with Crippen molar-refractivity contribution in [2.75, 3.05) is 19.7 Å². The lowest BCUT2D eigenvalue weighted by atomic mass is 10.1. The Morgan fingerprint density at radius 1 is 1.41 bits per heavy atom. The van der Waals surface area contributed by atoms with Gasteiger partial charge in [-0.3, -0.25) is 0 Å². The molecule has 1 aromatic rings. The van der Waals surface area contributed by atoms with Crippen LogP contribution in [0.4, 0.5) is 4.39 Å². The van der Waals surface area contributed by atoms with Crippen molar-refractivity contribution < 1.29 is 19.7 Å². The highest BCUT2D eigenvalue weighted by molar-refractivity contribution is 5.19. The number of aliphatic hydroxyl groups excluding tert-OH is 2. The highest BCUT2D eigenvalue weighted by atomic mass is 19.1. The third-order valence-corrected chi connectivity index (χ3v) is 2.45. The highest BCUT2D eigenvalue weighted by Crippen LogP contribution is 2.15. The summed E-state index contributed by atoms with van der Waals surface area (Å²) in [7, 11) is 0. The summed E-state index contributed by atoms with van der Waals surface area (Å²) in [5.74, 6) is -0.462. The van der Waals surface area contributed by atoms with E-state index in [2.05, 4.69) is 5.32 Å². The Morgan fingerprint density at radius 3 is 2.65 bits per heavy atom. The van der Waals surface area contributed by atoms with Crippen LogP contribution in [0.3, 0.4) is 0 Å². The summed E-state index contributed by atoms with van der Waals surface area (Å²) in [6.07, 6.45) is -0.981. The molecule has 1 aromatic carbocycles. The molecule has 0 aliphatic carbocycles. The molecule has 0 spiro atoms. The van der Waals surface area contributed by atoms with Gasteiger partial charge in [0, 0.05) is 18.7 Å². The molecule has 0 heterocycles. The van der Waals surface area contributed by atoms with Gasteiger partial charge in [-0.2, -0.15) is 0 Å². The molecule has 0 saturated carbocycles. The molecule has 0 aliphatic rings. The van der Waals surface area contributed by atoms with E-state index in [1.807, 2.05) is 0 Å². The summed E-state index contributed by atoms with van der Waals surface area (Å²) in [6, 6.07) is 5.98. The molecule has 2 atom stereocenters. The monoisotopic (exact) mass is 243 g/mol. The zero-order valence-electron chi connectivity index (χ0n) is 9.73. The number of rotatable bonds is 6. The summed E-state index contributed by atoms with van der Waals surface area (Å²) >= 11 is 0. The van der Waals surface area contributed by atoms with Gasteiger partial charge in [0.1, 0.15) is 5.82 Å². The smallest absolute Gasteiger partial charge is 0.129 e. The molecule has 0 amide bonds. The van der Waals surface area contributed by atoms with E-state index in [4.69, 9.17) is 5.11 Å². The fourth-order valence-electron chi connectivity index (χ4n) is 1.39. The molecule has 0 saturated heterocycles. The molecule has 1 rings (SSSR count). The van der Waals surface area contributed by atoms with Crippen LogP contribution in [0.15, 0.2) is 24.3 Å². The van der Waals surface area contributed by atoms with E-state index in [-0.39, 0.29) is 25.3 Å². The quantitative estimate of drug-likeness (QED) is 0.575. The predicted octanol–water partition coefficient (Wildman–Crippen LogP) is 0.192. The number of benzene rings is 1. The summed E-state index contributed by atoms with van der Waals surface area (Å²) in [6.45, 7) is 1.32. The van der Waals surface area contributed by atoms with E-state index in [1.54, 1.807) is 12.1 Å². The summed E-state index contributed by atoms with van der Waals surface area (Å²) in [5, 5.41) is 30.8.